The highest BCUT2D eigenvalue weighted by molar-refractivity contribution is 5.16. The van der Waals surface area contributed by atoms with Crippen LogP contribution in [0.3, 0.4) is 0 Å². The number of aromatic nitrogens is 2. The molecule has 5 atom stereocenters. The van der Waals surface area contributed by atoms with E-state index in [0.29, 0.717) is 25.4 Å². The van der Waals surface area contributed by atoms with Crippen LogP contribution >= 0.6 is 0 Å². The maximum absolute atomic E-state index is 12.7. The predicted octanol–water partition coefficient (Wildman–Crippen LogP) is 3.57. The van der Waals surface area contributed by atoms with Crippen LogP contribution in [0.2, 0.25) is 0 Å². The van der Waals surface area contributed by atoms with Gasteiger partial charge in [-0.2, -0.15) is 0 Å². The number of benzene rings is 2. The molecule has 1 saturated carbocycles. The third-order valence-electron chi connectivity index (χ3n) is 7.03. The van der Waals surface area contributed by atoms with Gasteiger partial charge < -0.3 is 14.2 Å². The summed E-state index contributed by atoms with van der Waals surface area (Å²) in [5.74, 6) is 0.200. The highest BCUT2D eigenvalue weighted by Crippen LogP contribution is 2.56. The average molecular weight is 463 g/mol. The zero-order valence-electron chi connectivity index (χ0n) is 19.5. The van der Waals surface area contributed by atoms with Gasteiger partial charge in [0.1, 0.15) is 11.8 Å². The lowest BCUT2D eigenvalue weighted by Gasteiger charge is -2.34. The average Bonchev–Trinajstić information content (AvgIpc) is 3.29. The molecule has 2 fully saturated rings. The van der Waals surface area contributed by atoms with Crippen LogP contribution in [-0.2, 0) is 27.4 Å². The fourth-order valence-electron chi connectivity index (χ4n) is 5.44. The number of nitrogens with one attached hydrogen (secondary N) is 1. The molecule has 2 bridgehead atoms. The van der Waals surface area contributed by atoms with Crippen LogP contribution in [0.5, 0.6) is 0 Å². The minimum atomic E-state index is -0.679. The standard InChI is InChI=1S/C27H30N2O5/c1-18-13-27(17-32-15-20-9-5-3-6-10-20)23(33-16-21-11-7-4-8-12-21)22(18)25(34-27)29-14-19(2)24(30)28-26(29)31/h3-12,14,18,22-23,25H,13,15-17H2,1-2H3,(H,28,30,31)/t18-,22?,23+,25-,27-/m1/s1. The Morgan fingerprint density at radius 2 is 1.68 bits per heavy atom. The molecule has 1 saturated heterocycles. The molecule has 0 radical (unpaired) electrons. The van der Waals surface area contributed by atoms with Gasteiger partial charge in [0.2, 0.25) is 0 Å². The van der Waals surface area contributed by atoms with Crippen LogP contribution in [0.25, 0.3) is 0 Å². The molecular formula is C27H30N2O5. The van der Waals surface area contributed by atoms with Gasteiger partial charge >= 0.3 is 5.69 Å². The number of nitrogens with zero attached hydrogens (tertiary/aromatic N) is 1. The Morgan fingerprint density at radius 1 is 1.03 bits per heavy atom. The summed E-state index contributed by atoms with van der Waals surface area (Å²) in [6.07, 6.45) is 1.58. The third kappa shape index (κ3) is 4.27. The SMILES string of the molecule is Cc1cn([C@@H]2O[C@@]3(COCc4ccccc4)C[C@@H](C)C2[C@@H]3OCc2ccccc2)c(=O)[nH]c1=O. The van der Waals surface area contributed by atoms with Gasteiger partial charge in [0.25, 0.3) is 5.56 Å². The van der Waals surface area contributed by atoms with Crippen LogP contribution < -0.4 is 11.2 Å². The van der Waals surface area contributed by atoms with Gasteiger partial charge in [0.05, 0.1) is 25.9 Å². The lowest BCUT2D eigenvalue weighted by atomic mass is 9.94. The first kappa shape index (κ1) is 22.8. The fourth-order valence-corrected chi connectivity index (χ4v) is 5.44. The summed E-state index contributed by atoms with van der Waals surface area (Å²) in [5, 5.41) is 0. The van der Waals surface area contributed by atoms with E-state index >= 15 is 0 Å². The molecule has 2 aliphatic rings. The largest absolute Gasteiger partial charge is 0.374 e. The van der Waals surface area contributed by atoms with E-state index in [4.69, 9.17) is 14.2 Å². The Hall–Kier alpha value is -3.00. The van der Waals surface area contributed by atoms with Crippen molar-refractivity contribution in [1.82, 2.24) is 9.55 Å². The maximum atomic E-state index is 12.7. The monoisotopic (exact) mass is 462 g/mol. The second kappa shape index (κ2) is 9.33. The molecule has 1 aliphatic heterocycles. The van der Waals surface area contributed by atoms with Crippen LogP contribution in [0.1, 0.15) is 36.3 Å². The molecule has 1 unspecified atom stereocenters. The first-order valence-corrected chi connectivity index (χ1v) is 11.7. The van der Waals surface area contributed by atoms with Crippen LogP contribution in [0.15, 0.2) is 76.4 Å². The minimum absolute atomic E-state index is 0.0490. The number of H-pyrrole nitrogens is 1. The molecule has 1 aromatic heterocycles. The number of hydrogen-bond acceptors (Lipinski definition) is 5. The summed E-state index contributed by atoms with van der Waals surface area (Å²) in [6.45, 7) is 5.13. The molecule has 5 rings (SSSR count). The second-order valence-electron chi connectivity index (χ2n) is 9.51. The topological polar surface area (TPSA) is 82.6 Å². The summed E-state index contributed by atoms with van der Waals surface area (Å²) >= 11 is 0. The van der Waals surface area contributed by atoms with Crippen molar-refractivity contribution in [2.24, 2.45) is 11.8 Å². The van der Waals surface area contributed by atoms with Crippen molar-refractivity contribution in [3.8, 4) is 0 Å². The van der Waals surface area contributed by atoms with Crippen molar-refractivity contribution in [1.29, 1.82) is 0 Å². The molecule has 0 spiro atoms. The lowest BCUT2D eigenvalue weighted by Crippen LogP contribution is -2.44. The molecule has 0 amide bonds. The van der Waals surface area contributed by atoms with E-state index in [-0.39, 0.29) is 23.5 Å². The summed E-state index contributed by atoms with van der Waals surface area (Å²) in [5.41, 5.74) is 1.11. The minimum Gasteiger partial charge on any atom is -0.374 e. The van der Waals surface area contributed by atoms with Crippen molar-refractivity contribution < 1.29 is 14.2 Å². The van der Waals surface area contributed by atoms with E-state index in [9.17, 15) is 9.59 Å². The highest BCUT2D eigenvalue weighted by atomic mass is 16.6. The summed E-state index contributed by atoms with van der Waals surface area (Å²) < 4.78 is 20.8. The van der Waals surface area contributed by atoms with Gasteiger partial charge in [-0.15, -0.1) is 0 Å². The second-order valence-corrected chi connectivity index (χ2v) is 9.51. The molecule has 3 aromatic rings. The Morgan fingerprint density at radius 3 is 2.35 bits per heavy atom. The molecule has 2 heterocycles. The van der Waals surface area contributed by atoms with Gasteiger partial charge in [-0.3, -0.25) is 14.3 Å². The Balaban J connectivity index is 1.43. The van der Waals surface area contributed by atoms with E-state index < -0.39 is 17.5 Å². The predicted molar refractivity (Wildman–Crippen MR) is 127 cm³/mol. The van der Waals surface area contributed by atoms with Gasteiger partial charge in [-0.1, -0.05) is 67.6 Å². The Bertz CT molecular complexity index is 1240. The number of aryl methyl sites for hydroxylation is 1. The maximum Gasteiger partial charge on any atom is 0.330 e. The van der Waals surface area contributed by atoms with E-state index in [2.05, 4.69) is 11.9 Å². The molecule has 7 nitrogen and oxygen atoms in total. The third-order valence-corrected chi connectivity index (χ3v) is 7.03. The summed E-state index contributed by atoms with van der Waals surface area (Å²) in [6, 6.07) is 20.1. The molecule has 34 heavy (non-hydrogen) atoms. The van der Waals surface area contributed by atoms with Crippen LogP contribution in [0, 0.1) is 18.8 Å². The zero-order valence-corrected chi connectivity index (χ0v) is 19.5. The van der Waals surface area contributed by atoms with E-state index in [0.717, 1.165) is 17.5 Å². The van der Waals surface area contributed by atoms with E-state index in [1.165, 1.54) is 4.57 Å². The zero-order chi connectivity index (χ0) is 23.7. The molecule has 1 N–H and O–H groups in total. The van der Waals surface area contributed by atoms with Crippen molar-refractivity contribution in [3.05, 3.63) is 104 Å². The van der Waals surface area contributed by atoms with Crippen molar-refractivity contribution in [3.63, 3.8) is 0 Å². The fraction of sp³-hybridized carbons (Fsp3) is 0.407. The number of aromatic amines is 1. The molecule has 7 heteroatoms. The summed E-state index contributed by atoms with van der Waals surface area (Å²) in [7, 11) is 0. The van der Waals surface area contributed by atoms with Gasteiger partial charge in [0.15, 0.2) is 0 Å². The van der Waals surface area contributed by atoms with Crippen molar-refractivity contribution in [2.45, 2.75) is 51.4 Å². The van der Waals surface area contributed by atoms with Gasteiger partial charge in [0, 0.05) is 17.7 Å². The molecule has 2 aromatic carbocycles. The molecule has 1 aliphatic carbocycles. The van der Waals surface area contributed by atoms with Gasteiger partial charge in [-0.25, -0.2) is 4.79 Å². The Kier molecular flexibility index (Phi) is 6.25. The first-order chi connectivity index (χ1) is 16.5. The van der Waals surface area contributed by atoms with Crippen LogP contribution in [0.4, 0.5) is 0 Å². The number of hydrogen-bond donors (Lipinski definition) is 1. The highest BCUT2D eigenvalue weighted by Gasteiger charge is 2.64. The van der Waals surface area contributed by atoms with E-state index in [1.54, 1.807) is 13.1 Å². The molecular weight excluding hydrogens is 432 g/mol. The van der Waals surface area contributed by atoms with Gasteiger partial charge in [-0.05, 0) is 30.4 Å². The lowest BCUT2D eigenvalue weighted by molar-refractivity contribution is -0.168. The van der Waals surface area contributed by atoms with Crippen molar-refractivity contribution in [2.75, 3.05) is 6.61 Å². The Labute approximate surface area is 198 Å². The quantitative estimate of drug-likeness (QED) is 0.553. The number of rotatable bonds is 8. The van der Waals surface area contributed by atoms with E-state index in [1.807, 2.05) is 60.7 Å². The van der Waals surface area contributed by atoms with Crippen LogP contribution in [-0.4, -0.2) is 27.9 Å². The van der Waals surface area contributed by atoms with Crippen molar-refractivity contribution >= 4 is 0 Å². The first-order valence-electron chi connectivity index (χ1n) is 11.7. The smallest absolute Gasteiger partial charge is 0.330 e. The number of ether oxygens (including phenoxy) is 3. The number of fused-ring (bicyclic) bond motifs is 2. The normalized spacial score (nSPS) is 27.8. The summed E-state index contributed by atoms with van der Waals surface area (Å²) in [4.78, 5) is 27.1. The molecule has 178 valence electrons.